The first-order chi connectivity index (χ1) is 8.13. The molecular weight excluding hydrogens is 224 g/mol. The summed E-state index contributed by atoms with van der Waals surface area (Å²) in [6, 6.07) is 0. The lowest BCUT2D eigenvalue weighted by molar-refractivity contribution is -0.539. The molecule has 0 saturated carbocycles. The molecule has 0 saturated heterocycles. The van der Waals surface area contributed by atoms with Crippen LogP contribution in [-0.4, -0.2) is 23.3 Å². The summed E-state index contributed by atoms with van der Waals surface area (Å²) >= 11 is 0. The molecule has 0 aliphatic carbocycles. The van der Waals surface area contributed by atoms with Crippen LogP contribution < -0.4 is 0 Å². The summed E-state index contributed by atoms with van der Waals surface area (Å²) in [5, 5.41) is 13.8. The zero-order chi connectivity index (χ0) is 13.1. The van der Waals surface area contributed by atoms with Gasteiger partial charge in [-0.1, -0.05) is 45.1 Å². The number of rotatable bonds is 11. The van der Waals surface area contributed by atoms with Crippen LogP contribution in [0, 0.1) is 0 Å². The lowest BCUT2D eigenvalue weighted by Gasteiger charge is -2.25. The van der Waals surface area contributed by atoms with Gasteiger partial charge in [-0.2, -0.15) is 4.89 Å². The molecule has 0 aromatic carbocycles. The molecule has 1 N–H and O–H groups in total. The van der Waals surface area contributed by atoms with E-state index in [9.17, 15) is 9.90 Å². The first kappa shape index (κ1) is 16.4. The Morgan fingerprint density at radius 3 is 2.29 bits per heavy atom. The highest BCUT2D eigenvalue weighted by Crippen LogP contribution is 2.24. The minimum atomic E-state index is -1.29. The Kier molecular flexibility index (Phi) is 9.03. The second-order valence-electron chi connectivity index (χ2n) is 4.08. The van der Waals surface area contributed by atoms with Crippen LogP contribution in [0.1, 0.15) is 59.3 Å². The molecule has 0 heterocycles. The minimum absolute atomic E-state index is 0.347. The Hall–Kier alpha value is -0.650. The van der Waals surface area contributed by atoms with E-state index < -0.39 is 11.6 Å². The van der Waals surface area contributed by atoms with Crippen LogP contribution in [-0.2, 0) is 19.6 Å². The van der Waals surface area contributed by atoms with Crippen molar-refractivity contribution in [2.75, 3.05) is 6.61 Å². The van der Waals surface area contributed by atoms with Crippen LogP contribution >= 0.6 is 0 Å². The van der Waals surface area contributed by atoms with E-state index >= 15 is 0 Å². The Labute approximate surface area is 103 Å². The first-order valence-corrected chi connectivity index (χ1v) is 6.33. The van der Waals surface area contributed by atoms with Crippen molar-refractivity contribution in [3.63, 3.8) is 0 Å². The smallest absolute Gasteiger partial charge is 0.339 e. The fourth-order valence-electron chi connectivity index (χ4n) is 1.36. The van der Waals surface area contributed by atoms with Gasteiger partial charge >= 0.3 is 5.97 Å². The van der Waals surface area contributed by atoms with Gasteiger partial charge in [-0.05, 0) is 19.3 Å². The molecule has 0 amide bonds. The SMILES string of the molecule is CCCCOOOC(CC)(CCCC)C(=O)O. The fourth-order valence-corrected chi connectivity index (χ4v) is 1.36. The molecular formula is C12H24O5. The summed E-state index contributed by atoms with van der Waals surface area (Å²) in [6.07, 6.45) is 4.29. The van der Waals surface area contributed by atoms with Crippen molar-refractivity contribution in [3.05, 3.63) is 0 Å². The number of carbonyl (C=O) groups is 1. The highest BCUT2D eigenvalue weighted by molar-refractivity contribution is 5.77. The van der Waals surface area contributed by atoms with Gasteiger partial charge in [0.1, 0.15) is 0 Å². The van der Waals surface area contributed by atoms with E-state index in [1.54, 1.807) is 6.92 Å². The molecule has 0 radical (unpaired) electrons. The highest BCUT2D eigenvalue weighted by Gasteiger charge is 2.39. The third-order valence-electron chi connectivity index (χ3n) is 2.72. The molecule has 1 atom stereocenters. The van der Waals surface area contributed by atoms with Crippen molar-refractivity contribution in [2.24, 2.45) is 0 Å². The maximum absolute atomic E-state index is 11.2. The number of aliphatic carboxylic acids is 1. The monoisotopic (exact) mass is 248 g/mol. The lowest BCUT2D eigenvalue weighted by atomic mass is 9.94. The second-order valence-corrected chi connectivity index (χ2v) is 4.08. The average molecular weight is 248 g/mol. The lowest BCUT2D eigenvalue weighted by Crippen LogP contribution is -2.41. The van der Waals surface area contributed by atoms with Crippen LogP contribution in [0.3, 0.4) is 0 Å². The summed E-state index contributed by atoms with van der Waals surface area (Å²) in [6.45, 7) is 6.20. The predicted octanol–water partition coefficient (Wildman–Crippen LogP) is 3.09. The summed E-state index contributed by atoms with van der Waals surface area (Å²) < 4.78 is 0. The van der Waals surface area contributed by atoms with Crippen molar-refractivity contribution < 1.29 is 24.7 Å². The van der Waals surface area contributed by atoms with E-state index in [1.807, 2.05) is 13.8 Å². The van der Waals surface area contributed by atoms with E-state index in [-0.39, 0.29) is 0 Å². The number of hydrogen-bond acceptors (Lipinski definition) is 4. The van der Waals surface area contributed by atoms with Gasteiger partial charge in [0.05, 0.1) is 6.61 Å². The van der Waals surface area contributed by atoms with Crippen LogP contribution in [0.25, 0.3) is 0 Å². The summed E-state index contributed by atoms with van der Waals surface area (Å²) in [4.78, 5) is 21.0. The highest BCUT2D eigenvalue weighted by atomic mass is 17.5. The normalized spacial score (nSPS) is 14.5. The van der Waals surface area contributed by atoms with E-state index in [2.05, 4.69) is 5.04 Å². The fraction of sp³-hybridized carbons (Fsp3) is 0.917. The number of hydrogen-bond donors (Lipinski definition) is 1. The summed E-state index contributed by atoms with van der Waals surface area (Å²) in [7, 11) is 0. The average Bonchev–Trinajstić information content (AvgIpc) is 2.32. The summed E-state index contributed by atoms with van der Waals surface area (Å²) in [5.41, 5.74) is -1.29. The molecule has 102 valence electrons. The van der Waals surface area contributed by atoms with Crippen molar-refractivity contribution in [2.45, 2.75) is 64.9 Å². The van der Waals surface area contributed by atoms with E-state index in [4.69, 9.17) is 9.78 Å². The van der Waals surface area contributed by atoms with E-state index in [1.165, 1.54) is 0 Å². The summed E-state index contributed by atoms with van der Waals surface area (Å²) in [5.74, 6) is -1.01. The van der Waals surface area contributed by atoms with Crippen molar-refractivity contribution in [1.82, 2.24) is 0 Å². The topological polar surface area (TPSA) is 65.0 Å². The van der Waals surface area contributed by atoms with Crippen molar-refractivity contribution in [3.8, 4) is 0 Å². The van der Waals surface area contributed by atoms with Gasteiger partial charge in [-0.15, -0.1) is 0 Å². The molecule has 5 heteroatoms. The largest absolute Gasteiger partial charge is 0.479 e. The third-order valence-corrected chi connectivity index (χ3v) is 2.72. The molecule has 0 aliphatic rings. The maximum atomic E-state index is 11.2. The molecule has 0 aromatic heterocycles. The molecule has 0 aliphatic heterocycles. The van der Waals surface area contributed by atoms with Crippen LogP contribution in [0.15, 0.2) is 0 Å². The van der Waals surface area contributed by atoms with Crippen LogP contribution in [0.4, 0.5) is 0 Å². The van der Waals surface area contributed by atoms with Crippen molar-refractivity contribution >= 4 is 5.97 Å². The third kappa shape index (κ3) is 6.00. The van der Waals surface area contributed by atoms with Crippen molar-refractivity contribution in [1.29, 1.82) is 0 Å². The second kappa shape index (κ2) is 9.39. The van der Waals surface area contributed by atoms with Gasteiger partial charge in [-0.3, -0.25) is 0 Å². The van der Waals surface area contributed by atoms with Gasteiger partial charge in [0.2, 0.25) is 5.60 Å². The molecule has 0 aromatic rings. The Balaban J connectivity index is 4.13. The zero-order valence-electron chi connectivity index (χ0n) is 11.0. The zero-order valence-corrected chi connectivity index (χ0v) is 11.0. The van der Waals surface area contributed by atoms with Crippen LogP contribution in [0.2, 0.25) is 0 Å². The van der Waals surface area contributed by atoms with E-state index in [0.717, 1.165) is 25.7 Å². The molecule has 0 spiro atoms. The molecule has 0 rings (SSSR count). The molecule has 5 nitrogen and oxygen atoms in total. The van der Waals surface area contributed by atoms with Gasteiger partial charge in [0, 0.05) is 0 Å². The first-order valence-electron chi connectivity index (χ1n) is 6.33. The Morgan fingerprint density at radius 1 is 1.18 bits per heavy atom. The molecule has 0 fully saturated rings. The number of unbranched alkanes of at least 4 members (excludes halogenated alkanes) is 2. The molecule has 0 bridgehead atoms. The molecule has 1 unspecified atom stereocenters. The number of carboxylic acid groups (broad SMARTS) is 1. The Bertz CT molecular complexity index is 207. The maximum Gasteiger partial charge on any atom is 0.339 e. The van der Waals surface area contributed by atoms with E-state index in [0.29, 0.717) is 19.4 Å². The van der Waals surface area contributed by atoms with Gasteiger partial charge < -0.3 is 5.11 Å². The standard InChI is InChI=1S/C12H24O5/c1-4-7-9-12(6-3,11(13)14)16-17-15-10-8-5-2/h4-10H2,1-3H3,(H,13,14). The number of carboxylic acids is 1. The Morgan fingerprint density at radius 2 is 1.82 bits per heavy atom. The van der Waals surface area contributed by atoms with Crippen LogP contribution in [0.5, 0.6) is 0 Å². The van der Waals surface area contributed by atoms with Gasteiger partial charge in [-0.25, -0.2) is 9.68 Å². The minimum Gasteiger partial charge on any atom is -0.479 e. The molecule has 17 heavy (non-hydrogen) atoms. The predicted molar refractivity (Wildman–Crippen MR) is 63.2 cm³/mol. The van der Waals surface area contributed by atoms with Gasteiger partial charge in [0.25, 0.3) is 0 Å². The van der Waals surface area contributed by atoms with Gasteiger partial charge in [0.15, 0.2) is 0 Å². The quantitative estimate of drug-likeness (QED) is 0.346.